The standard InChI is InChI=1S/C10H12N4O4S/c1-19-6-2-5-11-12-9-4-3-8(13(15)16)7-10(9)14(17)18/h3-5,7,12H,2,6H2,1H3. The van der Waals surface area contributed by atoms with Crippen molar-refractivity contribution in [1.29, 1.82) is 0 Å². The highest BCUT2D eigenvalue weighted by Gasteiger charge is 2.18. The largest absolute Gasteiger partial charge is 0.301 e. The second-order valence-corrected chi connectivity index (χ2v) is 4.41. The molecule has 1 rings (SSSR count). The summed E-state index contributed by atoms with van der Waals surface area (Å²) in [5, 5.41) is 25.2. The number of nitrogens with zero attached hydrogens (tertiary/aromatic N) is 3. The van der Waals surface area contributed by atoms with E-state index < -0.39 is 9.85 Å². The van der Waals surface area contributed by atoms with Crippen LogP contribution in [0.5, 0.6) is 0 Å². The molecule has 0 radical (unpaired) electrons. The SMILES string of the molecule is CSCCC=NNc1ccc([N+](=O)[O-])cc1[N+](=O)[O-]. The van der Waals surface area contributed by atoms with Gasteiger partial charge in [0.05, 0.1) is 15.9 Å². The van der Waals surface area contributed by atoms with E-state index in [9.17, 15) is 20.2 Å². The number of hydrogen-bond acceptors (Lipinski definition) is 7. The van der Waals surface area contributed by atoms with Crippen LogP contribution in [-0.4, -0.2) is 28.1 Å². The highest BCUT2D eigenvalue weighted by Crippen LogP contribution is 2.28. The Labute approximate surface area is 113 Å². The summed E-state index contributed by atoms with van der Waals surface area (Å²) in [4.78, 5) is 20.0. The van der Waals surface area contributed by atoms with E-state index in [1.54, 1.807) is 18.0 Å². The Morgan fingerprint density at radius 1 is 1.37 bits per heavy atom. The summed E-state index contributed by atoms with van der Waals surface area (Å²) >= 11 is 1.66. The highest BCUT2D eigenvalue weighted by molar-refractivity contribution is 7.98. The zero-order valence-electron chi connectivity index (χ0n) is 10.1. The predicted octanol–water partition coefficient (Wildman–Crippen LogP) is 2.65. The molecule has 0 saturated heterocycles. The first-order valence-electron chi connectivity index (χ1n) is 5.25. The number of benzene rings is 1. The molecule has 1 aromatic carbocycles. The Morgan fingerprint density at radius 3 is 2.68 bits per heavy atom. The van der Waals surface area contributed by atoms with E-state index in [0.29, 0.717) is 0 Å². The van der Waals surface area contributed by atoms with E-state index in [-0.39, 0.29) is 17.1 Å². The fourth-order valence-corrected chi connectivity index (χ4v) is 1.57. The molecular weight excluding hydrogens is 272 g/mol. The summed E-state index contributed by atoms with van der Waals surface area (Å²) in [6, 6.07) is 3.36. The number of anilines is 1. The Morgan fingerprint density at radius 2 is 2.11 bits per heavy atom. The molecule has 0 bridgehead atoms. The van der Waals surface area contributed by atoms with Crippen LogP contribution < -0.4 is 5.43 Å². The molecule has 102 valence electrons. The van der Waals surface area contributed by atoms with Gasteiger partial charge in [0.25, 0.3) is 5.69 Å². The Balaban J connectivity index is 2.85. The zero-order chi connectivity index (χ0) is 14.3. The number of nitro benzene ring substituents is 2. The van der Waals surface area contributed by atoms with Gasteiger partial charge in [-0.05, 0) is 24.5 Å². The first-order valence-corrected chi connectivity index (χ1v) is 6.65. The molecular formula is C10H12N4O4S. The molecule has 0 fully saturated rings. The second kappa shape index (κ2) is 7.31. The van der Waals surface area contributed by atoms with Gasteiger partial charge in [-0.3, -0.25) is 25.7 Å². The smallest absolute Gasteiger partial charge is 0.272 e. The van der Waals surface area contributed by atoms with Gasteiger partial charge in [0.15, 0.2) is 0 Å². The Bertz CT molecular complexity index is 506. The van der Waals surface area contributed by atoms with Crippen molar-refractivity contribution in [3.05, 3.63) is 38.4 Å². The van der Waals surface area contributed by atoms with Crippen LogP contribution in [0.4, 0.5) is 17.1 Å². The number of non-ortho nitro benzene ring substituents is 1. The van der Waals surface area contributed by atoms with E-state index in [1.165, 1.54) is 12.1 Å². The van der Waals surface area contributed by atoms with Crippen molar-refractivity contribution < 1.29 is 9.85 Å². The van der Waals surface area contributed by atoms with Gasteiger partial charge in [0, 0.05) is 12.3 Å². The molecule has 0 atom stereocenters. The summed E-state index contributed by atoms with van der Waals surface area (Å²) in [6.07, 6.45) is 4.29. The van der Waals surface area contributed by atoms with E-state index >= 15 is 0 Å². The van der Waals surface area contributed by atoms with Gasteiger partial charge in [0.2, 0.25) is 0 Å². The van der Waals surface area contributed by atoms with Crippen LogP contribution in [0.1, 0.15) is 6.42 Å². The molecule has 0 aliphatic rings. The predicted molar refractivity (Wildman–Crippen MR) is 74.9 cm³/mol. The minimum absolute atomic E-state index is 0.121. The lowest BCUT2D eigenvalue weighted by molar-refractivity contribution is -0.393. The van der Waals surface area contributed by atoms with E-state index in [0.717, 1.165) is 18.2 Å². The van der Waals surface area contributed by atoms with Crippen molar-refractivity contribution in [2.24, 2.45) is 5.10 Å². The number of rotatable bonds is 7. The van der Waals surface area contributed by atoms with Gasteiger partial charge < -0.3 is 0 Å². The van der Waals surface area contributed by atoms with Gasteiger partial charge in [-0.2, -0.15) is 16.9 Å². The first-order chi connectivity index (χ1) is 9.06. The minimum Gasteiger partial charge on any atom is -0.272 e. The van der Waals surface area contributed by atoms with Crippen LogP contribution in [-0.2, 0) is 0 Å². The van der Waals surface area contributed by atoms with Crippen molar-refractivity contribution in [3.63, 3.8) is 0 Å². The van der Waals surface area contributed by atoms with Crippen LogP contribution >= 0.6 is 11.8 Å². The summed E-state index contributed by atoms with van der Waals surface area (Å²) in [5.41, 5.74) is 1.93. The number of hydrazone groups is 1. The molecule has 1 aromatic rings. The molecule has 0 saturated carbocycles. The van der Waals surface area contributed by atoms with E-state index in [1.807, 2.05) is 6.26 Å². The zero-order valence-corrected chi connectivity index (χ0v) is 10.9. The maximum absolute atomic E-state index is 10.8. The quantitative estimate of drug-likeness (QED) is 0.356. The van der Waals surface area contributed by atoms with Gasteiger partial charge in [-0.25, -0.2) is 0 Å². The highest BCUT2D eigenvalue weighted by atomic mass is 32.2. The van der Waals surface area contributed by atoms with Gasteiger partial charge in [-0.15, -0.1) is 0 Å². The van der Waals surface area contributed by atoms with Crippen molar-refractivity contribution in [2.75, 3.05) is 17.4 Å². The minimum atomic E-state index is -0.688. The second-order valence-electron chi connectivity index (χ2n) is 3.42. The average Bonchev–Trinajstić information content (AvgIpc) is 2.38. The van der Waals surface area contributed by atoms with Crippen LogP contribution in [0.3, 0.4) is 0 Å². The molecule has 0 aliphatic carbocycles. The van der Waals surface area contributed by atoms with Gasteiger partial charge >= 0.3 is 5.69 Å². The first kappa shape index (κ1) is 14.9. The lowest BCUT2D eigenvalue weighted by Gasteiger charge is -2.01. The van der Waals surface area contributed by atoms with Crippen LogP contribution in [0.15, 0.2) is 23.3 Å². The van der Waals surface area contributed by atoms with Crippen molar-refractivity contribution >= 4 is 35.0 Å². The molecule has 0 aliphatic heterocycles. The summed E-state index contributed by atoms with van der Waals surface area (Å²) < 4.78 is 0. The normalized spacial score (nSPS) is 10.6. The monoisotopic (exact) mass is 284 g/mol. The molecule has 0 amide bonds. The average molecular weight is 284 g/mol. The fourth-order valence-electron chi connectivity index (χ4n) is 1.23. The molecule has 8 nitrogen and oxygen atoms in total. The number of nitro groups is 2. The van der Waals surface area contributed by atoms with Crippen molar-refractivity contribution in [2.45, 2.75) is 6.42 Å². The number of hydrogen-bond donors (Lipinski definition) is 1. The molecule has 19 heavy (non-hydrogen) atoms. The summed E-state index contributed by atoms with van der Waals surface area (Å²) in [6.45, 7) is 0. The lowest BCUT2D eigenvalue weighted by atomic mass is 10.2. The van der Waals surface area contributed by atoms with Crippen LogP contribution in [0.25, 0.3) is 0 Å². The molecule has 1 N–H and O–H groups in total. The van der Waals surface area contributed by atoms with Gasteiger partial charge in [0.1, 0.15) is 5.69 Å². The molecule has 0 aromatic heterocycles. The summed E-state index contributed by atoms with van der Waals surface area (Å²) in [7, 11) is 0. The maximum atomic E-state index is 10.8. The van der Waals surface area contributed by atoms with Crippen LogP contribution in [0.2, 0.25) is 0 Å². The molecule has 0 heterocycles. The molecule has 0 spiro atoms. The maximum Gasteiger partial charge on any atom is 0.301 e. The fraction of sp³-hybridized carbons (Fsp3) is 0.300. The van der Waals surface area contributed by atoms with Crippen LogP contribution in [0, 0.1) is 20.2 Å². The number of thioether (sulfide) groups is 1. The van der Waals surface area contributed by atoms with E-state index in [4.69, 9.17) is 0 Å². The summed E-state index contributed by atoms with van der Waals surface area (Å²) in [5.74, 6) is 0.896. The lowest BCUT2D eigenvalue weighted by Crippen LogP contribution is -1.98. The van der Waals surface area contributed by atoms with Crippen molar-refractivity contribution in [1.82, 2.24) is 0 Å². The van der Waals surface area contributed by atoms with E-state index in [2.05, 4.69) is 10.5 Å². The third-order valence-electron chi connectivity index (χ3n) is 2.12. The number of nitrogens with one attached hydrogen (secondary N) is 1. The Kier molecular flexibility index (Phi) is 5.73. The molecule has 9 heteroatoms. The Hall–Kier alpha value is -2.16. The topological polar surface area (TPSA) is 111 Å². The van der Waals surface area contributed by atoms with Crippen molar-refractivity contribution in [3.8, 4) is 0 Å². The molecule has 0 unspecified atom stereocenters. The third-order valence-corrected chi connectivity index (χ3v) is 2.76. The van der Waals surface area contributed by atoms with Gasteiger partial charge in [-0.1, -0.05) is 0 Å². The third kappa shape index (κ3) is 4.54.